The molecule has 0 aliphatic heterocycles. The molecule has 0 spiro atoms. The number of aliphatic hydroxyl groups excluding tert-OH is 3. The van der Waals surface area contributed by atoms with E-state index in [1.165, 1.54) is 5.56 Å². The van der Waals surface area contributed by atoms with Gasteiger partial charge in [0.25, 0.3) is 0 Å². The van der Waals surface area contributed by atoms with E-state index in [0.29, 0.717) is 5.92 Å². The van der Waals surface area contributed by atoms with E-state index in [1.807, 2.05) is 18.2 Å². The van der Waals surface area contributed by atoms with Crippen LogP contribution in [0.2, 0.25) is 0 Å². The van der Waals surface area contributed by atoms with Crippen molar-refractivity contribution in [1.29, 1.82) is 0 Å². The van der Waals surface area contributed by atoms with Crippen LogP contribution >= 0.6 is 0 Å². The smallest absolute Gasteiger partial charge is 0.0607 e. The molecule has 106 valence electrons. The van der Waals surface area contributed by atoms with Crippen molar-refractivity contribution in [2.24, 2.45) is 5.92 Å². The van der Waals surface area contributed by atoms with Gasteiger partial charge in [-0.2, -0.15) is 0 Å². The van der Waals surface area contributed by atoms with Crippen molar-refractivity contribution >= 4 is 0 Å². The number of aliphatic hydroxyl groups is 3. The lowest BCUT2D eigenvalue weighted by molar-refractivity contribution is 0.0182. The molecule has 0 aromatic heterocycles. The Balaban J connectivity index is 1.97. The van der Waals surface area contributed by atoms with Gasteiger partial charge in [0, 0.05) is 6.04 Å². The van der Waals surface area contributed by atoms with Crippen LogP contribution in [0.4, 0.5) is 0 Å². The second kappa shape index (κ2) is 7.01. The summed E-state index contributed by atoms with van der Waals surface area (Å²) >= 11 is 0. The topological polar surface area (TPSA) is 72.7 Å². The first-order chi connectivity index (χ1) is 9.22. The van der Waals surface area contributed by atoms with Gasteiger partial charge in [0.1, 0.15) is 0 Å². The molecule has 1 saturated carbocycles. The summed E-state index contributed by atoms with van der Waals surface area (Å²) in [6.45, 7) is -0.145. The molecule has 0 amide bonds. The second-order valence-corrected chi connectivity index (χ2v) is 5.41. The van der Waals surface area contributed by atoms with Crippen LogP contribution in [0.15, 0.2) is 30.3 Å². The summed E-state index contributed by atoms with van der Waals surface area (Å²) in [5.41, 5.74) is 1.23. The standard InChI is InChI=1S/C15H23NO3/c17-9-13(10-18)16-15(12-7-14(19)8-12)6-11-4-2-1-3-5-11/h1-5,12-19H,6-10H2/t12?,14?,15-/m1/s1. The van der Waals surface area contributed by atoms with Gasteiger partial charge in [0.05, 0.1) is 25.4 Å². The van der Waals surface area contributed by atoms with E-state index in [4.69, 9.17) is 0 Å². The van der Waals surface area contributed by atoms with Crippen LogP contribution in [0, 0.1) is 5.92 Å². The molecule has 1 aliphatic carbocycles. The SMILES string of the molecule is OCC(CO)N[C@H](Cc1ccccc1)C1CC(O)C1. The predicted molar refractivity (Wildman–Crippen MR) is 73.8 cm³/mol. The molecule has 0 bridgehead atoms. The maximum absolute atomic E-state index is 9.46. The molecule has 1 aliphatic rings. The third-order valence-corrected chi connectivity index (χ3v) is 3.91. The van der Waals surface area contributed by atoms with Crippen LogP contribution < -0.4 is 5.32 Å². The molecule has 1 fully saturated rings. The third kappa shape index (κ3) is 4.01. The van der Waals surface area contributed by atoms with Crippen molar-refractivity contribution in [3.8, 4) is 0 Å². The Bertz CT molecular complexity index is 361. The minimum Gasteiger partial charge on any atom is -0.395 e. The van der Waals surface area contributed by atoms with Gasteiger partial charge in [-0.15, -0.1) is 0 Å². The Morgan fingerprint density at radius 1 is 1.11 bits per heavy atom. The molecule has 2 rings (SSSR count). The first kappa shape index (κ1) is 14.5. The van der Waals surface area contributed by atoms with Crippen LogP contribution in [0.3, 0.4) is 0 Å². The first-order valence-corrected chi connectivity index (χ1v) is 6.92. The highest BCUT2D eigenvalue weighted by atomic mass is 16.3. The highest BCUT2D eigenvalue weighted by molar-refractivity contribution is 5.16. The molecule has 4 heteroatoms. The lowest BCUT2D eigenvalue weighted by Crippen LogP contribution is -2.51. The van der Waals surface area contributed by atoms with Crippen LogP contribution in [0.1, 0.15) is 18.4 Å². The van der Waals surface area contributed by atoms with Crippen LogP contribution in [-0.4, -0.2) is 46.7 Å². The molecule has 1 aromatic carbocycles. The normalized spacial score (nSPS) is 24.2. The van der Waals surface area contributed by atoms with E-state index in [-0.39, 0.29) is 31.4 Å². The van der Waals surface area contributed by atoms with Gasteiger partial charge in [0.2, 0.25) is 0 Å². The minimum atomic E-state index is -0.286. The lowest BCUT2D eigenvalue weighted by Gasteiger charge is -2.39. The fourth-order valence-corrected chi connectivity index (χ4v) is 2.65. The summed E-state index contributed by atoms with van der Waals surface area (Å²) in [6.07, 6.45) is 2.27. The van der Waals surface area contributed by atoms with E-state index in [9.17, 15) is 15.3 Å². The van der Waals surface area contributed by atoms with Crippen molar-refractivity contribution in [1.82, 2.24) is 5.32 Å². The van der Waals surface area contributed by atoms with E-state index in [1.54, 1.807) is 0 Å². The molecule has 0 heterocycles. The van der Waals surface area contributed by atoms with E-state index in [0.717, 1.165) is 19.3 Å². The lowest BCUT2D eigenvalue weighted by atomic mass is 9.75. The van der Waals surface area contributed by atoms with Crippen molar-refractivity contribution in [3.63, 3.8) is 0 Å². The summed E-state index contributed by atoms with van der Waals surface area (Å²) in [7, 11) is 0. The average Bonchev–Trinajstić information content (AvgIpc) is 2.41. The minimum absolute atomic E-state index is 0.0724. The molecule has 1 aromatic rings. The van der Waals surface area contributed by atoms with Crippen LogP contribution in [-0.2, 0) is 6.42 Å². The Kier molecular flexibility index (Phi) is 5.34. The largest absolute Gasteiger partial charge is 0.395 e. The number of hydrogen-bond donors (Lipinski definition) is 4. The van der Waals surface area contributed by atoms with Gasteiger partial charge < -0.3 is 20.6 Å². The summed E-state index contributed by atoms with van der Waals surface area (Å²) in [5, 5.41) is 31.2. The van der Waals surface area contributed by atoms with Crippen LogP contribution in [0.25, 0.3) is 0 Å². The summed E-state index contributed by atoms with van der Waals surface area (Å²) in [4.78, 5) is 0. The highest BCUT2D eigenvalue weighted by Crippen LogP contribution is 2.31. The number of rotatable bonds is 7. The average molecular weight is 265 g/mol. The molecule has 1 atom stereocenters. The number of nitrogens with one attached hydrogen (secondary N) is 1. The van der Waals surface area contributed by atoms with Crippen molar-refractivity contribution in [3.05, 3.63) is 35.9 Å². The monoisotopic (exact) mass is 265 g/mol. The van der Waals surface area contributed by atoms with Crippen molar-refractivity contribution in [2.75, 3.05) is 13.2 Å². The molecule has 4 nitrogen and oxygen atoms in total. The fraction of sp³-hybridized carbons (Fsp3) is 0.600. The van der Waals surface area contributed by atoms with E-state index >= 15 is 0 Å². The first-order valence-electron chi connectivity index (χ1n) is 6.92. The van der Waals surface area contributed by atoms with Gasteiger partial charge >= 0.3 is 0 Å². The Morgan fingerprint density at radius 2 is 1.74 bits per heavy atom. The number of benzene rings is 1. The molecule has 19 heavy (non-hydrogen) atoms. The zero-order valence-corrected chi connectivity index (χ0v) is 11.1. The zero-order valence-electron chi connectivity index (χ0n) is 11.1. The predicted octanol–water partition coefficient (Wildman–Crippen LogP) is 0.311. The molecule has 0 unspecified atom stereocenters. The van der Waals surface area contributed by atoms with Gasteiger partial charge in [0.15, 0.2) is 0 Å². The Morgan fingerprint density at radius 3 is 2.26 bits per heavy atom. The molecule has 0 saturated heterocycles. The van der Waals surface area contributed by atoms with E-state index < -0.39 is 0 Å². The maximum Gasteiger partial charge on any atom is 0.0607 e. The van der Waals surface area contributed by atoms with Gasteiger partial charge in [-0.25, -0.2) is 0 Å². The second-order valence-electron chi connectivity index (χ2n) is 5.41. The fourth-order valence-electron chi connectivity index (χ4n) is 2.65. The van der Waals surface area contributed by atoms with E-state index in [2.05, 4.69) is 17.4 Å². The Labute approximate surface area is 114 Å². The summed E-state index contributed by atoms with van der Waals surface area (Å²) in [6, 6.07) is 10.1. The van der Waals surface area contributed by atoms with Gasteiger partial charge in [-0.1, -0.05) is 30.3 Å². The van der Waals surface area contributed by atoms with Gasteiger partial charge in [-0.3, -0.25) is 0 Å². The molecular weight excluding hydrogens is 242 g/mol. The quantitative estimate of drug-likeness (QED) is 0.572. The maximum atomic E-state index is 9.46. The van der Waals surface area contributed by atoms with Gasteiger partial charge in [-0.05, 0) is 30.7 Å². The summed E-state index contributed by atoms with van der Waals surface area (Å²) < 4.78 is 0. The molecular formula is C15H23NO3. The van der Waals surface area contributed by atoms with Crippen LogP contribution in [0.5, 0.6) is 0 Å². The zero-order chi connectivity index (χ0) is 13.7. The van der Waals surface area contributed by atoms with Crippen molar-refractivity contribution in [2.45, 2.75) is 37.5 Å². The molecule has 4 N–H and O–H groups in total. The number of hydrogen-bond acceptors (Lipinski definition) is 4. The summed E-state index contributed by atoms with van der Waals surface area (Å²) in [5.74, 6) is 0.413. The molecule has 0 radical (unpaired) electrons. The van der Waals surface area contributed by atoms with Crippen molar-refractivity contribution < 1.29 is 15.3 Å². The Hall–Kier alpha value is -0.940. The highest BCUT2D eigenvalue weighted by Gasteiger charge is 2.34. The third-order valence-electron chi connectivity index (χ3n) is 3.91.